The molecule has 1 atom stereocenters. The Morgan fingerprint density at radius 1 is 0.889 bits per heavy atom. The molecule has 0 heterocycles. The number of nitrogens with one attached hydrogen (secondary N) is 1. The van der Waals surface area contributed by atoms with Crippen LogP contribution in [0.5, 0.6) is 5.75 Å². The van der Waals surface area contributed by atoms with Crippen LogP contribution in [0.25, 0.3) is 0 Å². The van der Waals surface area contributed by atoms with E-state index in [4.69, 9.17) is 13.8 Å². The van der Waals surface area contributed by atoms with Crippen LogP contribution >= 0.6 is 7.60 Å². The monoisotopic (exact) mass is 395 g/mol. The highest BCUT2D eigenvalue weighted by molar-refractivity contribution is 7.54. The SMILES string of the molecule is COc1ccc(NC(c2ccc(F)cc2)P(=O)(OC(C)C)OC(C)C)cc1. The van der Waals surface area contributed by atoms with Crippen LogP contribution in [0.3, 0.4) is 0 Å². The topological polar surface area (TPSA) is 56.8 Å². The lowest BCUT2D eigenvalue weighted by molar-refractivity contribution is 0.138. The molecule has 0 aliphatic heterocycles. The summed E-state index contributed by atoms with van der Waals surface area (Å²) in [6, 6.07) is 13.0. The van der Waals surface area contributed by atoms with Crippen molar-refractivity contribution in [2.75, 3.05) is 12.4 Å². The van der Waals surface area contributed by atoms with Gasteiger partial charge in [-0.3, -0.25) is 4.57 Å². The minimum atomic E-state index is -3.63. The molecule has 0 aromatic heterocycles. The second kappa shape index (κ2) is 9.36. The average Bonchev–Trinajstić information content (AvgIpc) is 2.59. The van der Waals surface area contributed by atoms with E-state index in [9.17, 15) is 8.96 Å². The number of hydrogen-bond acceptors (Lipinski definition) is 5. The smallest absolute Gasteiger partial charge is 0.357 e. The molecule has 0 saturated carbocycles. The van der Waals surface area contributed by atoms with Gasteiger partial charge in [0, 0.05) is 5.69 Å². The Morgan fingerprint density at radius 2 is 1.41 bits per heavy atom. The number of hydrogen-bond donors (Lipinski definition) is 1. The molecule has 0 aliphatic rings. The first-order valence-corrected chi connectivity index (χ1v) is 10.5. The van der Waals surface area contributed by atoms with Crippen LogP contribution in [0, 0.1) is 5.82 Å². The van der Waals surface area contributed by atoms with Crippen molar-refractivity contribution in [2.45, 2.75) is 45.7 Å². The maximum Gasteiger partial charge on any atom is 0.357 e. The van der Waals surface area contributed by atoms with E-state index in [0.29, 0.717) is 17.0 Å². The third-order valence-corrected chi connectivity index (χ3v) is 6.10. The van der Waals surface area contributed by atoms with E-state index >= 15 is 0 Å². The molecule has 5 nitrogen and oxygen atoms in total. The molecule has 0 aliphatic carbocycles. The predicted octanol–water partition coefficient (Wildman–Crippen LogP) is 5.99. The molecule has 2 aromatic rings. The van der Waals surface area contributed by atoms with E-state index in [-0.39, 0.29) is 18.0 Å². The molecular formula is C20H27FNO4P. The molecule has 27 heavy (non-hydrogen) atoms. The van der Waals surface area contributed by atoms with E-state index < -0.39 is 13.4 Å². The lowest BCUT2D eigenvalue weighted by Gasteiger charge is -2.31. The number of benzene rings is 2. The molecule has 1 N–H and O–H groups in total. The minimum absolute atomic E-state index is 0.310. The zero-order valence-corrected chi connectivity index (χ0v) is 17.2. The summed E-state index contributed by atoms with van der Waals surface area (Å²) in [5, 5.41) is 3.23. The normalized spacial score (nSPS) is 13.0. The molecule has 0 amide bonds. The van der Waals surface area contributed by atoms with Gasteiger partial charge in [0.1, 0.15) is 11.6 Å². The summed E-state index contributed by atoms with van der Waals surface area (Å²) < 4.78 is 43.8. The number of anilines is 1. The summed E-state index contributed by atoms with van der Waals surface area (Å²) in [4.78, 5) is 0. The van der Waals surface area contributed by atoms with Crippen LogP contribution in [0.2, 0.25) is 0 Å². The van der Waals surface area contributed by atoms with Crippen molar-refractivity contribution in [1.29, 1.82) is 0 Å². The summed E-state index contributed by atoms with van der Waals surface area (Å²) >= 11 is 0. The Bertz CT molecular complexity index is 749. The summed E-state index contributed by atoms with van der Waals surface area (Å²) in [6.07, 6.45) is -0.620. The first kappa shape index (κ1) is 21.4. The van der Waals surface area contributed by atoms with Gasteiger partial charge >= 0.3 is 7.60 Å². The fourth-order valence-corrected chi connectivity index (χ4v) is 4.88. The van der Waals surface area contributed by atoms with Crippen molar-refractivity contribution in [3.05, 3.63) is 59.9 Å². The third kappa shape index (κ3) is 6.06. The first-order valence-electron chi connectivity index (χ1n) is 8.86. The lowest BCUT2D eigenvalue weighted by Crippen LogP contribution is -2.19. The van der Waals surface area contributed by atoms with Gasteiger partial charge in [-0.05, 0) is 69.7 Å². The third-order valence-electron chi connectivity index (χ3n) is 3.61. The first-order chi connectivity index (χ1) is 12.7. The largest absolute Gasteiger partial charge is 0.497 e. The molecule has 0 spiro atoms. The van der Waals surface area contributed by atoms with Gasteiger partial charge in [0.25, 0.3) is 0 Å². The predicted molar refractivity (Wildman–Crippen MR) is 106 cm³/mol. The maximum atomic E-state index is 13.7. The highest BCUT2D eigenvalue weighted by Crippen LogP contribution is 2.62. The molecule has 0 bridgehead atoms. The lowest BCUT2D eigenvalue weighted by atomic mass is 10.2. The van der Waals surface area contributed by atoms with E-state index in [1.807, 2.05) is 12.1 Å². The van der Waals surface area contributed by atoms with Crippen molar-refractivity contribution in [3.8, 4) is 5.75 Å². The Hall–Kier alpha value is -1.88. The number of methoxy groups -OCH3 is 1. The van der Waals surface area contributed by atoms with Crippen LogP contribution in [0.1, 0.15) is 39.0 Å². The van der Waals surface area contributed by atoms with Crippen LogP contribution in [0.4, 0.5) is 10.1 Å². The Kier molecular flexibility index (Phi) is 7.42. The van der Waals surface area contributed by atoms with Gasteiger partial charge in [-0.15, -0.1) is 0 Å². The molecule has 0 fully saturated rings. The second-order valence-corrected chi connectivity index (χ2v) is 8.69. The summed E-state index contributed by atoms with van der Waals surface area (Å²) in [7, 11) is -2.04. The van der Waals surface area contributed by atoms with E-state index in [0.717, 1.165) is 0 Å². The average molecular weight is 395 g/mol. The van der Waals surface area contributed by atoms with E-state index in [1.165, 1.54) is 12.1 Å². The summed E-state index contributed by atoms with van der Waals surface area (Å²) in [6.45, 7) is 7.19. The zero-order valence-electron chi connectivity index (χ0n) is 16.3. The Labute approximate surface area is 160 Å². The van der Waals surface area contributed by atoms with Crippen LogP contribution < -0.4 is 10.1 Å². The number of halogens is 1. The summed E-state index contributed by atoms with van der Waals surface area (Å²) in [5.74, 6) is -0.457. The van der Waals surface area contributed by atoms with Crippen molar-refractivity contribution >= 4 is 13.3 Å². The fraction of sp³-hybridized carbons (Fsp3) is 0.400. The molecule has 0 radical (unpaired) electrons. The van der Waals surface area contributed by atoms with Gasteiger partial charge in [0.2, 0.25) is 0 Å². The van der Waals surface area contributed by atoms with Crippen molar-refractivity contribution < 1.29 is 22.7 Å². The maximum absolute atomic E-state index is 13.7. The highest BCUT2D eigenvalue weighted by Gasteiger charge is 2.39. The Balaban J connectivity index is 2.45. The van der Waals surface area contributed by atoms with Gasteiger partial charge in [0.05, 0.1) is 19.3 Å². The Morgan fingerprint density at radius 3 is 1.85 bits per heavy atom. The standard InChI is InChI=1S/C20H27FNO4P/c1-14(2)25-27(23,26-15(3)4)20(16-6-8-17(21)9-7-16)22-18-10-12-19(24-5)13-11-18/h6-15,20,22H,1-5H3. The minimum Gasteiger partial charge on any atom is -0.497 e. The molecule has 0 saturated heterocycles. The van der Waals surface area contributed by atoms with Gasteiger partial charge in [0.15, 0.2) is 5.78 Å². The van der Waals surface area contributed by atoms with Crippen molar-refractivity contribution in [3.63, 3.8) is 0 Å². The van der Waals surface area contributed by atoms with Crippen molar-refractivity contribution in [2.24, 2.45) is 0 Å². The molecule has 2 aromatic carbocycles. The molecular weight excluding hydrogens is 368 g/mol. The number of ether oxygens (including phenoxy) is 1. The second-order valence-electron chi connectivity index (χ2n) is 6.68. The van der Waals surface area contributed by atoms with Gasteiger partial charge in [-0.1, -0.05) is 12.1 Å². The van der Waals surface area contributed by atoms with E-state index in [2.05, 4.69) is 5.32 Å². The fourth-order valence-electron chi connectivity index (χ4n) is 2.57. The zero-order chi connectivity index (χ0) is 20.0. The highest BCUT2D eigenvalue weighted by atomic mass is 31.2. The van der Waals surface area contributed by atoms with Crippen LogP contribution in [-0.2, 0) is 13.6 Å². The van der Waals surface area contributed by atoms with Crippen molar-refractivity contribution in [1.82, 2.24) is 0 Å². The van der Waals surface area contributed by atoms with Crippen LogP contribution in [0.15, 0.2) is 48.5 Å². The van der Waals surface area contributed by atoms with Gasteiger partial charge < -0.3 is 19.1 Å². The molecule has 2 rings (SSSR count). The van der Waals surface area contributed by atoms with Gasteiger partial charge in [-0.25, -0.2) is 4.39 Å². The van der Waals surface area contributed by atoms with Crippen LogP contribution in [-0.4, -0.2) is 19.3 Å². The quantitative estimate of drug-likeness (QED) is 0.529. The van der Waals surface area contributed by atoms with E-state index in [1.54, 1.807) is 59.1 Å². The molecule has 7 heteroatoms. The molecule has 1 unspecified atom stereocenters. The molecule has 148 valence electrons. The summed E-state index contributed by atoms with van der Waals surface area (Å²) in [5.41, 5.74) is 1.32. The van der Waals surface area contributed by atoms with Gasteiger partial charge in [-0.2, -0.15) is 0 Å². The number of rotatable bonds is 9.